The molecular formula is C13H20N4S. The second-order valence-electron chi connectivity index (χ2n) is 4.49. The Bertz CT molecular complexity index is 449. The lowest BCUT2D eigenvalue weighted by molar-refractivity contribution is 0.554. The molecule has 1 N–H and O–H groups in total. The molecule has 2 aromatic rings. The first-order chi connectivity index (χ1) is 8.81. The van der Waals surface area contributed by atoms with Crippen LogP contribution in [0.25, 0.3) is 0 Å². The number of rotatable bonds is 7. The van der Waals surface area contributed by atoms with E-state index in [1.807, 2.05) is 24.1 Å². The average Bonchev–Trinajstić information content (AvgIpc) is 3.01. The van der Waals surface area contributed by atoms with Crippen molar-refractivity contribution in [2.75, 3.05) is 6.54 Å². The first-order valence-corrected chi connectivity index (χ1v) is 7.28. The van der Waals surface area contributed by atoms with Gasteiger partial charge in [-0.15, -0.1) is 11.3 Å². The quantitative estimate of drug-likeness (QED) is 0.782. The molecule has 0 bridgehead atoms. The van der Waals surface area contributed by atoms with Gasteiger partial charge in [0.05, 0.1) is 17.0 Å². The SMILES string of the molecule is CCCNCc1cncn1CC(C)c1nccs1. The van der Waals surface area contributed by atoms with E-state index in [-0.39, 0.29) is 0 Å². The van der Waals surface area contributed by atoms with Gasteiger partial charge in [-0.1, -0.05) is 13.8 Å². The number of thiazole rings is 1. The Balaban J connectivity index is 1.94. The molecule has 0 radical (unpaired) electrons. The van der Waals surface area contributed by atoms with Crippen molar-refractivity contribution >= 4 is 11.3 Å². The normalized spacial score (nSPS) is 12.8. The van der Waals surface area contributed by atoms with E-state index >= 15 is 0 Å². The maximum absolute atomic E-state index is 4.37. The van der Waals surface area contributed by atoms with Crippen LogP contribution in [0.5, 0.6) is 0 Å². The van der Waals surface area contributed by atoms with E-state index in [1.165, 1.54) is 10.7 Å². The van der Waals surface area contributed by atoms with Crippen molar-refractivity contribution in [2.24, 2.45) is 0 Å². The number of nitrogens with one attached hydrogen (secondary N) is 1. The minimum atomic E-state index is 0.434. The summed E-state index contributed by atoms with van der Waals surface area (Å²) in [4.78, 5) is 8.61. The number of aromatic nitrogens is 3. The van der Waals surface area contributed by atoms with Gasteiger partial charge in [-0.25, -0.2) is 9.97 Å². The Morgan fingerprint density at radius 3 is 3.11 bits per heavy atom. The molecule has 0 spiro atoms. The summed E-state index contributed by atoms with van der Waals surface area (Å²) in [5, 5.41) is 6.63. The fourth-order valence-electron chi connectivity index (χ4n) is 1.90. The van der Waals surface area contributed by atoms with E-state index < -0.39 is 0 Å². The van der Waals surface area contributed by atoms with Crippen LogP contribution in [0.4, 0.5) is 0 Å². The first kappa shape index (κ1) is 13.2. The molecule has 2 rings (SSSR count). The van der Waals surface area contributed by atoms with Crippen LogP contribution < -0.4 is 5.32 Å². The number of hydrogen-bond donors (Lipinski definition) is 1. The summed E-state index contributed by atoms with van der Waals surface area (Å²) in [6.45, 7) is 7.26. The molecule has 4 nitrogen and oxygen atoms in total. The van der Waals surface area contributed by atoms with Crippen LogP contribution in [0.3, 0.4) is 0 Å². The first-order valence-electron chi connectivity index (χ1n) is 6.40. The maximum Gasteiger partial charge on any atom is 0.0970 e. The van der Waals surface area contributed by atoms with Crippen molar-refractivity contribution in [3.05, 3.63) is 34.8 Å². The highest BCUT2D eigenvalue weighted by Crippen LogP contribution is 2.20. The zero-order chi connectivity index (χ0) is 12.8. The van der Waals surface area contributed by atoms with Crippen molar-refractivity contribution in [3.63, 3.8) is 0 Å². The van der Waals surface area contributed by atoms with Crippen molar-refractivity contribution in [1.29, 1.82) is 0 Å². The Hall–Kier alpha value is -1.20. The molecule has 1 unspecified atom stereocenters. The number of imidazole rings is 1. The molecule has 0 aliphatic rings. The van der Waals surface area contributed by atoms with E-state index in [1.54, 1.807) is 11.3 Å². The lowest BCUT2D eigenvalue weighted by Crippen LogP contribution is -2.17. The molecule has 0 aliphatic heterocycles. The minimum absolute atomic E-state index is 0.434. The van der Waals surface area contributed by atoms with Crippen molar-refractivity contribution in [1.82, 2.24) is 19.9 Å². The van der Waals surface area contributed by atoms with E-state index in [0.29, 0.717) is 5.92 Å². The predicted molar refractivity (Wildman–Crippen MR) is 74.8 cm³/mol. The van der Waals surface area contributed by atoms with Gasteiger partial charge in [0.15, 0.2) is 0 Å². The molecular weight excluding hydrogens is 244 g/mol. The highest BCUT2D eigenvalue weighted by Gasteiger charge is 2.11. The van der Waals surface area contributed by atoms with Gasteiger partial charge >= 0.3 is 0 Å². The van der Waals surface area contributed by atoms with Gasteiger partial charge in [0, 0.05) is 36.8 Å². The Labute approximate surface area is 112 Å². The molecule has 0 amide bonds. The summed E-state index contributed by atoms with van der Waals surface area (Å²) in [7, 11) is 0. The van der Waals surface area contributed by atoms with Gasteiger partial charge in [-0.2, -0.15) is 0 Å². The molecule has 0 aliphatic carbocycles. The van der Waals surface area contributed by atoms with Crippen molar-refractivity contribution in [3.8, 4) is 0 Å². The topological polar surface area (TPSA) is 42.7 Å². The molecule has 0 saturated heterocycles. The summed E-state index contributed by atoms with van der Waals surface area (Å²) in [5.74, 6) is 0.434. The van der Waals surface area contributed by atoms with Crippen LogP contribution >= 0.6 is 11.3 Å². The molecule has 0 aromatic carbocycles. The molecule has 0 saturated carbocycles. The van der Waals surface area contributed by atoms with Crippen LogP contribution in [0.1, 0.15) is 36.9 Å². The van der Waals surface area contributed by atoms with Gasteiger partial charge in [-0.05, 0) is 13.0 Å². The van der Waals surface area contributed by atoms with Gasteiger partial charge in [0.1, 0.15) is 0 Å². The third-order valence-corrected chi connectivity index (χ3v) is 3.88. The van der Waals surface area contributed by atoms with Crippen LogP contribution in [0.2, 0.25) is 0 Å². The van der Waals surface area contributed by atoms with E-state index in [4.69, 9.17) is 0 Å². The van der Waals surface area contributed by atoms with E-state index in [0.717, 1.165) is 26.1 Å². The third-order valence-electron chi connectivity index (χ3n) is 2.87. The van der Waals surface area contributed by atoms with E-state index in [2.05, 4.69) is 33.7 Å². The number of nitrogens with zero attached hydrogens (tertiary/aromatic N) is 3. The predicted octanol–water partition coefficient (Wildman–Crippen LogP) is 2.64. The molecule has 1 atom stereocenters. The van der Waals surface area contributed by atoms with Gasteiger partial charge in [-0.3, -0.25) is 0 Å². The zero-order valence-electron chi connectivity index (χ0n) is 11.0. The fourth-order valence-corrected chi connectivity index (χ4v) is 2.59. The number of hydrogen-bond acceptors (Lipinski definition) is 4. The third kappa shape index (κ3) is 3.40. The van der Waals surface area contributed by atoms with E-state index in [9.17, 15) is 0 Å². The lowest BCUT2D eigenvalue weighted by atomic mass is 10.2. The second kappa shape index (κ2) is 6.66. The summed E-state index contributed by atoms with van der Waals surface area (Å²) < 4.78 is 2.22. The van der Waals surface area contributed by atoms with Crippen LogP contribution in [0.15, 0.2) is 24.1 Å². The smallest absolute Gasteiger partial charge is 0.0970 e. The molecule has 18 heavy (non-hydrogen) atoms. The minimum Gasteiger partial charge on any atom is -0.333 e. The molecule has 2 heterocycles. The Kier molecular flexibility index (Phi) is 4.90. The zero-order valence-corrected chi connectivity index (χ0v) is 11.8. The Morgan fingerprint density at radius 2 is 2.39 bits per heavy atom. The van der Waals surface area contributed by atoms with Crippen LogP contribution in [-0.4, -0.2) is 21.1 Å². The Morgan fingerprint density at radius 1 is 1.50 bits per heavy atom. The molecule has 5 heteroatoms. The summed E-state index contributed by atoms with van der Waals surface area (Å²) >= 11 is 1.72. The van der Waals surface area contributed by atoms with Crippen molar-refractivity contribution < 1.29 is 0 Å². The monoisotopic (exact) mass is 264 g/mol. The van der Waals surface area contributed by atoms with Gasteiger partial charge < -0.3 is 9.88 Å². The maximum atomic E-state index is 4.37. The molecule has 98 valence electrons. The second-order valence-corrected chi connectivity index (χ2v) is 5.41. The molecule has 2 aromatic heterocycles. The highest BCUT2D eigenvalue weighted by molar-refractivity contribution is 7.09. The summed E-state index contributed by atoms with van der Waals surface area (Å²) in [5.41, 5.74) is 1.24. The lowest BCUT2D eigenvalue weighted by Gasteiger charge is -2.12. The average molecular weight is 264 g/mol. The molecule has 0 fully saturated rings. The van der Waals surface area contributed by atoms with Crippen LogP contribution in [0, 0.1) is 0 Å². The summed E-state index contributed by atoms with van der Waals surface area (Å²) in [6.07, 6.45) is 6.88. The fraction of sp³-hybridized carbons (Fsp3) is 0.538. The summed E-state index contributed by atoms with van der Waals surface area (Å²) in [6, 6.07) is 0. The standard InChI is InChI=1S/C13H20N4S/c1-3-4-14-7-12-8-15-10-17(12)9-11(2)13-16-5-6-18-13/h5-6,8,10-11,14H,3-4,7,9H2,1-2H3. The highest BCUT2D eigenvalue weighted by atomic mass is 32.1. The van der Waals surface area contributed by atoms with Crippen molar-refractivity contribution in [2.45, 2.75) is 39.3 Å². The van der Waals surface area contributed by atoms with Gasteiger partial charge in [0.25, 0.3) is 0 Å². The van der Waals surface area contributed by atoms with Crippen LogP contribution in [-0.2, 0) is 13.1 Å². The van der Waals surface area contributed by atoms with Gasteiger partial charge in [0.2, 0.25) is 0 Å². The largest absolute Gasteiger partial charge is 0.333 e.